The van der Waals surface area contributed by atoms with Crippen molar-refractivity contribution in [2.75, 3.05) is 18.8 Å². The summed E-state index contributed by atoms with van der Waals surface area (Å²) in [7, 11) is -3.94. The van der Waals surface area contributed by atoms with Gasteiger partial charge in [0, 0.05) is 47.0 Å². The maximum Gasteiger partial charge on any atom is 0.257 e. The third-order valence-electron chi connectivity index (χ3n) is 7.16. The molecule has 8 nitrogen and oxygen atoms in total. The number of allylic oxidation sites excluding steroid dienone is 1. The number of hydrogen-bond donors (Lipinski definition) is 1. The molecule has 3 aliphatic rings. The summed E-state index contributed by atoms with van der Waals surface area (Å²) in [6.45, 7) is 1.22. The van der Waals surface area contributed by atoms with E-state index in [1.807, 2.05) is 11.0 Å². The summed E-state index contributed by atoms with van der Waals surface area (Å²) >= 11 is 1.35. The molecule has 1 unspecified atom stereocenters. The molecule has 11 heteroatoms. The van der Waals surface area contributed by atoms with Crippen molar-refractivity contribution in [2.45, 2.75) is 66.8 Å². The average Bonchev–Trinajstić information content (AvgIpc) is 3.77. The molecule has 204 valence electrons. The molecular weight excluding hydrogens is 529 g/mol. The van der Waals surface area contributed by atoms with Gasteiger partial charge in [-0.1, -0.05) is 12.2 Å². The smallest absolute Gasteiger partial charge is 0.257 e. The van der Waals surface area contributed by atoms with Crippen molar-refractivity contribution < 1.29 is 27.4 Å². The Morgan fingerprint density at radius 3 is 2.55 bits per heavy atom. The Labute approximate surface area is 226 Å². The molecule has 2 N–H and O–H groups in total. The number of benzene rings is 1. The molecule has 1 aromatic carbocycles. The number of primary sulfonamides is 1. The predicted molar refractivity (Wildman–Crippen MR) is 142 cm³/mol. The van der Waals surface area contributed by atoms with E-state index in [4.69, 9.17) is 14.9 Å². The van der Waals surface area contributed by atoms with Crippen molar-refractivity contribution in [2.24, 2.45) is 11.1 Å². The summed E-state index contributed by atoms with van der Waals surface area (Å²) in [5.74, 6) is 1.05. The number of rotatable bonds is 9. The van der Waals surface area contributed by atoms with Crippen LogP contribution < -0.4 is 10.0 Å². The highest BCUT2D eigenvalue weighted by molar-refractivity contribution is 7.99. The minimum atomic E-state index is -3.94. The fourth-order valence-electron chi connectivity index (χ4n) is 4.72. The fraction of sp³-hybridized carbons (Fsp3) is 0.481. The number of halogens is 1. The maximum atomic E-state index is 14.4. The number of hydrogen-bond acceptors (Lipinski definition) is 7. The number of nitrogens with two attached hydrogens (primary N) is 1. The van der Waals surface area contributed by atoms with Crippen LogP contribution >= 0.6 is 11.8 Å². The summed E-state index contributed by atoms with van der Waals surface area (Å²) in [5, 5.41) is 5.07. The van der Waals surface area contributed by atoms with E-state index in [0.717, 1.165) is 56.7 Å². The second-order valence-electron chi connectivity index (χ2n) is 10.2. The van der Waals surface area contributed by atoms with Crippen LogP contribution in [-0.2, 0) is 14.9 Å². The largest absolute Gasteiger partial charge is 0.339 e. The first-order valence-electron chi connectivity index (χ1n) is 13.0. The van der Waals surface area contributed by atoms with E-state index >= 15 is 0 Å². The molecule has 1 saturated carbocycles. The zero-order valence-corrected chi connectivity index (χ0v) is 22.7. The van der Waals surface area contributed by atoms with Gasteiger partial charge < -0.3 is 9.79 Å². The Balaban J connectivity index is 1.16. The molecule has 1 amide bonds. The van der Waals surface area contributed by atoms with Crippen molar-refractivity contribution in [3.63, 3.8) is 0 Å². The number of piperidine rings is 1. The van der Waals surface area contributed by atoms with Crippen molar-refractivity contribution in [3.8, 4) is 5.88 Å². The van der Waals surface area contributed by atoms with Gasteiger partial charge in [-0.15, -0.1) is 11.8 Å². The third-order valence-corrected chi connectivity index (χ3v) is 9.35. The normalized spacial score (nSPS) is 20.5. The van der Waals surface area contributed by atoms with Crippen molar-refractivity contribution in [3.05, 3.63) is 59.6 Å². The molecule has 1 saturated heterocycles. The lowest BCUT2D eigenvalue weighted by Crippen LogP contribution is -2.39. The lowest BCUT2D eigenvalue weighted by molar-refractivity contribution is -0.248. The van der Waals surface area contributed by atoms with E-state index in [1.54, 1.807) is 6.07 Å². The van der Waals surface area contributed by atoms with Gasteiger partial charge in [-0.05, 0) is 75.1 Å². The molecule has 2 fully saturated rings. The van der Waals surface area contributed by atoms with Gasteiger partial charge in [0.05, 0.1) is 4.90 Å². The van der Waals surface area contributed by atoms with E-state index in [0.29, 0.717) is 47.0 Å². The molecular formula is C27H32FN3O5S2. The predicted octanol–water partition coefficient (Wildman–Crippen LogP) is 4.81. The van der Waals surface area contributed by atoms with Crippen LogP contribution in [0.15, 0.2) is 52.3 Å². The molecule has 2 aliphatic carbocycles. The molecule has 1 atom stereocenters. The third kappa shape index (κ3) is 6.93. The van der Waals surface area contributed by atoms with Gasteiger partial charge in [-0.25, -0.2) is 22.9 Å². The number of sulfonamides is 1. The maximum absolute atomic E-state index is 14.4. The van der Waals surface area contributed by atoms with Gasteiger partial charge in [0.25, 0.3) is 11.8 Å². The average molecular weight is 562 g/mol. The Morgan fingerprint density at radius 2 is 1.89 bits per heavy atom. The van der Waals surface area contributed by atoms with E-state index < -0.39 is 15.8 Å². The van der Waals surface area contributed by atoms with Gasteiger partial charge in [0.1, 0.15) is 11.9 Å². The highest BCUT2D eigenvalue weighted by Crippen LogP contribution is 2.40. The Kier molecular flexibility index (Phi) is 8.37. The molecule has 2 heterocycles. The monoisotopic (exact) mass is 561 g/mol. The van der Waals surface area contributed by atoms with Gasteiger partial charge in [0.2, 0.25) is 10.0 Å². The molecule has 1 aromatic heterocycles. The molecule has 38 heavy (non-hydrogen) atoms. The van der Waals surface area contributed by atoms with Crippen LogP contribution in [0.5, 0.6) is 5.88 Å². The molecule has 1 aliphatic heterocycles. The first-order valence-corrected chi connectivity index (χ1v) is 15.5. The number of nitrogens with zero attached hydrogens (tertiary/aromatic N) is 2. The fourth-order valence-corrected chi connectivity index (χ4v) is 6.35. The van der Waals surface area contributed by atoms with Crippen LogP contribution in [0.4, 0.5) is 4.39 Å². The Hall–Kier alpha value is -2.47. The lowest BCUT2D eigenvalue weighted by atomic mass is 9.98. The molecule has 5 rings (SSSR count). The summed E-state index contributed by atoms with van der Waals surface area (Å²) in [5.41, 5.74) is 1.44. The van der Waals surface area contributed by atoms with Crippen LogP contribution in [0.2, 0.25) is 0 Å². The van der Waals surface area contributed by atoms with Gasteiger partial charge in [0.15, 0.2) is 0 Å². The SMILES string of the molecule is NS(=O)(=O)c1ccc(SCC2CCN(C(=O)c3cc(OOC4CC=CCC4)nc(C4CC4)c3)CC2)c(F)c1. The zero-order valence-electron chi connectivity index (χ0n) is 21.1. The number of likely N-dealkylation sites (tertiary alicyclic amines) is 1. The quantitative estimate of drug-likeness (QED) is 0.202. The molecule has 0 radical (unpaired) electrons. The molecule has 0 spiro atoms. The topological polar surface area (TPSA) is 112 Å². The number of carbonyl (C=O) groups excluding carboxylic acids is 1. The number of carbonyl (C=O) groups is 1. The summed E-state index contributed by atoms with van der Waals surface area (Å²) < 4.78 is 37.2. The van der Waals surface area contributed by atoms with E-state index in [-0.39, 0.29) is 16.9 Å². The summed E-state index contributed by atoms with van der Waals surface area (Å²) in [4.78, 5) is 31.2. The number of pyridine rings is 1. The minimum absolute atomic E-state index is 0.0115. The van der Waals surface area contributed by atoms with E-state index in [1.165, 1.54) is 23.9 Å². The summed E-state index contributed by atoms with van der Waals surface area (Å²) in [6, 6.07) is 7.28. The highest BCUT2D eigenvalue weighted by atomic mass is 32.2. The van der Waals surface area contributed by atoms with E-state index in [9.17, 15) is 17.6 Å². The van der Waals surface area contributed by atoms with Crippen molar-refractivity contribution in [1.29, 1.82) is 0 Å². The second-order valence-corrected chi connectivity index (χ2v) is 12.8. The van der Waals surface area contributed by atoms with Crippen LogP contribution in [0.3, 0.4) is 0 Å². The Morgan fingerprint density at radius 1 is 1.11 bits per heavy atom. The van der Waals surface area contributed by atoms with Gasteiger partial charge in [-0.2, -0.15) is 4.89 Å². The summed E-state index contributed by atoms with van der Waals surface area (Å²) in [6.07, 6.45) is 10.6. The standard InChI is InChI=1S/C27H32FN3O5S2/c28-23-16-22(38(29,33)34)8-9-25(23)37-17-18-10-12-31(13-11-18)27(32)20-14-24(19-6-7-19)30-26(15-20)36-35-21-4-2-1-3-5-21/h1-2,8-9,14-16,18-19,21H,3-7,10-13,17H2,(H2,29,33,34). The second kappa shape index (κ2) is 11.7. The van der Waals surface area contributed by atoms with Crippen LogP contribution in [0, 0.1) is 11.7 Å². The lowest BCUT2D eigenvalue weighted by Gasteiger charge is -2.32. The van der Waals surface area contributed by atoms with E-state index in [2.05, 4.69) is 17.1 Å². The zero-order chi connectivity index (χ0) is 26.7. The molecule has 0 bridgehead atoms. The number of aromatic nitrogens is 1. The first-order chi connectivity index (χ1) is 18.3. The van der Waals surface area contributed by atoms with Crippen molar-refractivity contribution >= 4 is 27.7 Å². The highest BCUT2D eigenvalue weighted by Gasteiger charge is 2.29. The minimum Gasteiger partial charge on any atom is -0.339 e. The van der Waals surface area contributed by atoms with Crippen LogP contribution in [0.25, 0.3) is 0 Å². The van der Waals surface area contributed by atoms with Crippen LogP contribution in [-0.4, -0.2) is 49.2 Å². The van der Waals surface area contributed by atoms with Gasteiger partial charge in [-0.3, -0.25) is 4.79 Å². The number of thioether (sulfide) groups is 1. The first kappa shape index (κ1) is 27.1. The Bertz CT molecular complexity index is 1310. The molecule has 2 aromatic rings. The van der Waals surface area contributed by atoms with Gasteiger partial charge >= 0.3 is 0 Å². The van der Waals surface area contributed by atoms with Crippen LogP contribution in [0.1, 0.15) is 66.9 Å². The number of amides is 1. The van der Waals surface area contributed by atoms with Crippen molar-refractivity contribution in [1.82, 2.24) is 9.88 Å².